The van der Waals surface area contributed by atoms with Crippen LogP contribution in [0.4, 0.5) is 0 Å². The first-order chi connectivity index (χ1) is 45.6. The van der Waals surface area contributed by atoms with Crippen molar-refractivity contribution in [2.45, 2.75) is 0 Å². The summed E-state index contributed by atoms with van der Waals surface area (Å²) < 4.78 is 10.6. The molecule has 15 aromatic carbocycles. The van der Waals surface area contributed by atoms with E-state index in [2.05, 4.69) is 337 Å². The van der Waals surface area contributed by atoms with Crippen LogP contribution in [0, 0.1) is 7.14 Å². The van der Waals surface area contributed by atoms with E-state index in [1.807, 2.05) is 11.3 Å². The molecular weight excluding hydrogens is 1240 g/mol. The van der Waals surface area contributed by atoms with Gasteiger partial charge in [-0.15, -0.1) is 11.3 Å². The summed E-state index contributed by atoms with van der Waals surface area (Å²) in [5.41, 5.74) is 26.8. The quantitative estimate of drug-likeness (QED) is 0.128. The predicted octanol–water partition coefficient (Wildman–Crippen LogP) is 21.2. The molecular formula is C88H54IN2S-. The van der Waals surface area contributed by atoms with Crippen LogP contribution in [-0.2, 0) is 0 Å². The van der Waals surface area contributed by atoms with Crippen LogP contribution in [0.15, 0.2) is 328 Å². The molecule has 0 aliphatic carbocycles. The van der Waals surface area contributed by atoms with Crippen LogP contribution in [-0.4, -0.2) is 9.13 Å². The van der Waals surface area contributed by atoms with Crippen molar-refractivity contribution in [2.75, 3.05) is 0 Å². The maximum absolute atomic E-state index is 2.49. The van der Waals surface area contributed by atoms with Crippen molar-refractivity contribution in [3.63, 3.8) is 0 Å². The summed E-state index contributed by atoms with van der Waals surface area (Å²) in [7, 11) is 0. The van der Waals surface area contributed by atoms with E-state index in [-0.39, 0.29) is 21.2 Å². The zero-order valence-electron chi connectivity index (χ0n) is 49.9. The molecule has 4 heteroatoms. The van der Waals surface area contributed by atoms with Gasteiger partial charge in [-0.3, -0.25) is 0 Å². The number of thiophene rings is 1. The molecule has 2 nitrogen and oxygen atoms in total. The fraction of sp³-hybridized carbons (Fsp3) is 0. The smallest absolute Gasteiger partial charge is 0.135 e. The summed E-state index contributed by atoms with van der Waals surface area (Å²) in [6.07, 6.45) is 0. The molecule has 0 saturated heterocycles. The number of benzene rings is 15. The predicted molar refractivity (Wildman–Crippen MR) is 386 cm³/mol. The Hall–Kier alpha value is -10.9. The first-order valence-corrected chi connectivity index (χ1v) is 34.5. The van der Waals surface area contributed by atoms with Gasteiger partial charge in [-0.2, -0.15) is 0 Å². The molecule has 0 spiro atoms. The molecule has 92 heavy (non-hydrogen) atoms. The number of fused-ring (bicyclic) bond motifs is 13. The standard InChI is InChI=1S/C88H54IN2S/c1-3-16-55(17-4-1)60-24-14-25-68(47-60)90-83-41-34-62(49-75(83)76-51-65(35-42-84(76)90)66-38-45-88-79(53-66)72-29-11-12-31-87(72)92-88)58-22-13-23-59(46-58)63-36-43-85-77(50-63)78-52-64(37-44-86(78)91(85)82-30-15-21-57-20-7-8-28-71(57)82)61-32-39-80-73(48-61)74-54-67(33-40-81(74)89-80)70-27-10-9-26-69(70)56-18-5-2-6-19-56/h1-54H/q-1. The average Bonchev–Trinajstić information content (AvgIpc) is 1.60. The Morgan fingerprint density at radius 1 is 0.217 bits per heavy atom. The average molecular weight is 1300 g/mol. The Balaban J connectivity index is 0.735. The third-order valence-electron chi connectivity index (χ3n) is 19.1. The fourth-order valence-corrected chi connectivity index (χ4v) is 18.5. The fourth-order valence-electron chi connectivity index (χ4n) is 14.6. The minimum absolute atomic E-state index is 0.304. The first-order valence-electron chi connectivity index (χ1n) is 31.5. The number of hydrogen-bond donors (Lipinski definition) is 0. The Morgan fingerprint density at radius 3 is 1.27 bits per heavy atom. The van der Waals surface area contributed by atoms with Gasteiger partial charge in [0.15, 0.2) is 0 Å². The molecule has 0 radical (unpaired) electrons. The van der Waals surface area contributed by atoms with E-state index in [0.717, 1.165) is 5.69 Å². The second kappa shape index (κ2) is 21.4. The van der Waals surface area contributed by atoms with Gasteiger partial charge in [0, 0.05) is 36.6 Å². The second-order valence-corrected chi connectivity index (χ2v) is 28.2. The molecule has 430 valence electrons. The summed E-state index contributed by atoms with van der Waals surface area (Å²) >= 11 is 1.56. The normalized spacial score (nSPS) is 12.2. The number of aromatic nitrogens is 2. The van der Waals surface area contributed by atoms with Crippen molar-refractivity contribution in [3.05, 3.63) is 335 Å². The molecule has 1 aliphatic heterocycles. The van der Waals surface area contributed by atoms with Gasteiger partial charge in [-0.25, -0.2) is 0 Å². The number of rotatable bonds is 9. The summed E-state index contributed by atoms with van der Waals surface area (Å²) in [4.78, 5) is 0. The SMILES string of the molecule is c1ccc(-c2cccc(-n3c4ccc(-c5cccc(-c6ccc7c(c6)c6cc(-c8ccc9c(c8)-c8cc(-c%10ccccc%10-c%10ccccc%10)ccc8[I-]9)ccc6n7-c6cccc7ccccc67)c5)cc4c4cc(-c5ccc6sc7ccccc7c6c5)ccc43)c2)cc1. The van der Waals surface area contributed by atoms with E-state index < -0.39 is 0 Å². The van der Waals surface area contributed by atoms with Crippen LogP contribution < -0.4 is 21.2 Å². The van der Waals surface area contributed by atoms with E-state index in [9.17, 15) is 0 Å². The molecule has 0 atom stereocenters. The van der Waals surface area contributed by atoms with Crippen molar-refractivity contribution < 1.29 is 21.2 Å². The number of nitrogens with zero attached hydrogens (tertiary/aromatic N) is 2. The van der Waals surface area contributed by atoms with E-state index >= 15 is 0 Å². The van der Waals surface area contributed by atoms with Gasteiger partial charge in [0.05, 0.1) is 11.0 Å². The van der Waals surface area contributed by atoms with Gasteiger partial charge >= 0.3 is 285 Å². The van der Waals surface area contributed by atoms with Crippen LogP contribution in [0.1, 0.15) is 0 Å². The maximum atomic E-state index is 2.49. The third-order valence-corrected chi connectivity index (χ3v) is 23.3. The van der Waals surface area contributed by atoms with Crippen LogP contribution in [0.5, 0.6) is 0 Å². The van der Waals surface area contributed by atoms with Crippen molar-refractivity contribution in [1.29, 1.82) is 0 Å². The Bertz CT molecular complexity index is 6040. The van der Waals surface area contributed by atoms with Crippen molar-refractivity contribution >= 4 is 85.9 Å². The molecule has 0 saturated carbocycles. The third kappa shape index (κ3) is 8.73. The minimum Gasteiger partial charge on any atom is -0.135 e. The van der Waals surface area contributed by atoms with E-state index in [1.54, 1.807) is 0 Å². The summed E-state index contributed by atoms with van der Waals surface area (Å²) in [5, 5.41) is 9.98. The van der Waals surface area contributed by atoms with Crippen LogP contribution >= 0.6 is 11.3 Å². The van der Waals surface area contributed by atoms with Gasteiger partial charge in [0.1, 0.15) is 0 Å². The molecule has 3 aromatic heterocycles. The Morgan fingerprint density at radius 2 is 0.630 bits per heavy atom. The summed E-state index contributed by atoms with van der Waals surface area (Å²) in [5.74, 6) is 0. The van der Waals surface area contributed by atoms with E-state index in [4.69, 9.17) is 0 Å². The molecule has 0 bridgehead atoms. The van der Waals surface area contributed by atoms with Gasteiger partial charge in [0.25, 0.3) is 0 Å². The molecule has 1 aliphatic rings. The molecule has 0 N–H and O–H groups in total. The number of hydrogen-bond acceptors (Lipinski definition) is 1. The van der Waals surface area contributed by atoms with Crippen molar-refractivity contribution in [1.82, 2.24) is 9.13 Å². The molecule has 0 amide bonds. The van der Waals surface area contributed by atoms with Gasteiger partial charge in [-0.05, 0) is 88.0 Å². The monoisotopic (exact) mass is 1300 g/mol. The molecule has 19 rings (SSSR count). The van der Waals surface area contributed by atoms with Crippen LogP contribution in [0.25, 0.3) is 175 Å². The van der Waals surface area contributed by atoms with E-state index in [1.165, 1.54) is 176 Å². The number of halogens is 1. The van der Waals surface area contributed by atoms with Crippen LogP contribution in [0.2, 0.25) is 0 Å². The molecule has 18 aromatic rings. The zero-order chi connectivity index (χ0) is 60.4. The Kier molecular flexibility index (Phi) is 12.3. The molecule has 0 fully saturated rings. The van der Waals surface area contributed by atoms with Gasteiger partial charge in [-0.1, -0.05) is 115 Å². The van der Waals surface area contributed by atoms with E-state index in [0.29, 0.717) is 0 Å². The molecule has 0 unspecified atom stereocenters. The van der Waals surface area contributed by atoms with Gasteiger partial charge in [0.2, 0.25) is 0 Å². The minimum atomic E-state index is -0.304. The van der Waals surface area contributed by atoms with Gasteiger partial charge < -0.3 is 4.57 Å². The topological polar surface area (TPSA) is 9.86 Å². The first kappa shape index (κ1) is 53.0. The van der Waals surface area contributed by atoms with Crippen LogP contribution in [0.3, 0.4) is 0 Å². The zero-order valence-corrected chi connectivity index (χ0v) is 52.8. The second-order valence-electron chi connectivity index (χ2n) is 24.3. The van der Waals surface area contributed by atoms with Crippen molar-refractivity contribution in [3.8, 4) is 100 Å². The summed E-state index contributed by atoms with van der Waals surface area (Å²) in [6, 6.07) is 123. The molecule has 4 heterocycles. The van der Waals surface area contributed by atoms with Crippen molar-refractivity contribution in [2.24, 2.45) is 0 Å². The summed E-state index contributed by atoms with van der Waals surface area (Å²) in [6.45, 7) is 0. The Labute approximate surface area is 547 Å².